The van der Waals surface area contributed by atoms with Gasteiger partial charge in [0.25, 0.3) is 5.91 Å². The number of hydrogen-bond donors (Lipinski definition) is 2. The highest BCUT2D eigenvalue weighted by Crippen LogP contribution is 2.29. The molecule has 1 saturated heterocycles. The van der Waals surface area contributed by atoms with Gasteiger partial charge in [0.15, 0.2) is 0 Å². The molecule has 0 unspecified atom stereocenters. The van der Waals surface area contributed by atoms with E-state index in [9.17, 15) is 14.9 Å². The van der Waals surface area contributed by atoms with Crippen LogP contribution in [0.25, 0.3) is 16.8 Å². The van der Waals surface area contributed by atoms with E-state index in [0.717, 1.165) is 36.2 Å². The average molecular weight is 546 g/mol. The summed E-state index contributed by atoms with van der Waals surface area (Å²) in [6.45, 7) is 2.11. The molecule has 3 aromatic heterocycles. The number of carbonyl (C=O) groups excluding carboxylic acids is 1. The van der Waals surface area contributed by atoms with E-state index in [4.69, 9.17) is 5.73 Å². The molecule has 0 saturated carbocycles. The van der Waals surface area contributed by atoms with Crippen molar-refractivity contribution in [3.05, 3.63) is 88.9 Å². The van der Waals surface area contributed by atoms with Crippen LogP contribution in [0.5, 0.6) is 0 Å². The van der Waals surface area contributed by atoms with Gasteiger partial charge in [-0.2, -0.15) is 0 Å². The summed E-state index contributed by atoms with van der Waals surface area (Å²) in [4.78, 5) is 36.6. The molecule has 1 amide bonds. The number of amides is 1. The topological polar surface area (TPSA) is 163 Å². The van der Waals surface area contributed by atoms with Crippen molar-refractivity contribution in [1.29, 1.82) is 0 Å². The summed E-state index contributed by atoms with van der Waals surface area (Å²) in [7, 11) is 4.10. The Bertz CT molecular complexity index is 1460. The van der Waals surface area contributed by atoms with Gasteiger partial charge in [-0.3, -0.25) is 14.9 Å². The van der Waals surface area contributed by atoms with Gasteiger partial charge in [0, 0.05) is 73.5 Å². The second-order valence-electron chi connectivity index (χ2n) is 10.1. The number of aryl methyl sites for hydroxylation is 2. The van der Waals surface area contributed by atoms with Crippen molar-refractivity contribution in [2.75, 3.05) is 32.9 Å². The number of imidazole rings is 1. The van der Waals surface area contributed by atoms with E-state index >= 15 is 0 Å². The van der Waals surface area contributed by atoms with Crippen molar-refractivity contribution in [3.8, 4) is 16.8 Å². The standard InChI is InChI=1S/C28H32N8O3.H3N/c1-32(2)23-11-14-34(16-23)28(37)25-18-33(13-3-4-21-7-10-26(36(38)39)27(29)31-21)17-24(25)20-5-8-22(9-6-20)35-15-12-30-19-35;/h5-10,12,15,17-19,23H,3-4,11,13-14,16H2,1-2H3,(H2,29,31);1H3/t23-;/m1./s1. The third-order valence-electron chi connectivity index (χ3n) is 7.28. The Morgan fingerprint density at radius 3 is 2.58 bits per heavy atom. The minimum atomic E-state index is -0.533. The number of nitrogen functional groups attached to an aromatic ring is 1. The monoisotopic (exact) mass is 545 g/mol. The summed E-state index contributed by atoms with van der Waals surface area (Å²) in [5.74, 6) is -0.0361. The van der Waals surface area contributed by atoms with E-state index < -0.39 is 4.92 Å². The molecule has 210 valence electrons. The zero-order valence-electron chi connectivity index (χ0n) is 22.8. The number of likely N-dealkylation sites (N-methyl/N-ethyl adjacent to an activating group) is 1. The molecule has 12 nitrogen and oxygen atoms in total. The fourth-order valence-electron chi connectivity index (χ4n) is 5.03. The predicted molar refractivity (Wildman–Crippen MR) is 154 cm³/mol. The maximum Gasteiger partial charge on any atom is 0.311 e. The van der Waals surface area contributed by atoms with Crippen LogP contribution < -0.4 is 11.9 Å². The number of nitro groups is 1. The van der Waals surface area contributed by atoms with E-state index in [1.165, 1.54) is 6.07 Å². The molecule has 1 fully saturated rings. The number of anilines is 1. The molecule has 4 heterocycles. The van der Waals surface area contributed by atoms with Crippen LogP contribution in [0.3, 0.4) is 0 Å². The van der Waals surface area contributed by atoms with Gasteiger partial charge < -0.3 is 30.8 Å². The maximum atomic E-state index is 13.7. The number of benzene rings is 1. The smallest absolute Gasteiger partial charge is 0.311 e. The highest BCUT2D eigenvalue weighted by atomic mass is 16.6. The van der Waals surface area contributed by atoms with Gasteiger partial charge in [-0.15, -0.1) is 0 Å². The fourth-order valence-corrected chi connectivity index (χ4v) is 5.03. The molecule has 0 radical (unpaired) electrons. The van der Waals surface area contributed by atoms with Crippen molar-refractivity contribution < 1.29 is 9.72 Å². The second-order valence-corrected chi connectivity index (χ2v) is 10.1. The molecule has 0 spiro atoms. The number of aromatic nitrogens is 4. The van der Waals surface area contributed by atoms with Crippen LogP contribution in [-0.4, -0.2) is 73.0 Å². The Kier molecular flexibility index (Phi) is 8.61. The molecule has 1 aromatic carbocycles. The van der Waals surface area contributed by atoms with Crippen LogP contribution >= 0.6 is 0 Å². The molecule has 1 atom stereocenters. The lowest BCUT2D eigenvalue weighted by Crippen LogP contribution is -2.34. The van der Waals surface area contributed by atoms with Crippen molar-refractivity contribution >= 4 is 17.4 Å². The Balaban J connectivity index is 0.00000370. The van der Waals surface area contributed by atoms with Gasteiger partial charge in [-0.1, -0.05) is 12.1 Å². The van der Waals surface area contributed by atoms with Crippen LogP contribution in [0.2, 0.25) is 0 Å². The summed E-state index contributed by atoms with van der Waals surface area (Å²) >= 11 is 0. The minimum Gasteiger partial charge on any atom is -0.378 e. The zero-order chi connectivity index (χ0) is 27.5. The molecule has 4 aromatic rings. The molecule has 1 aliphatic heterocycles. The predicted octanol–water partition coefficient (Wildman–Crippen LogP) is 3.80. The minimum absolute atomic E-state index is 0. The molecular formula is C28H35N9O3. The number of nitrogens with two attached hydrogens (primary N) is 1. The Morgan fingerprint density at radius 1 is 1.18 bits per heavy atom. The first-order chi connectivity index (χ1) is 18.8. The van der Waals surface area contributed by atoms with Crippen LogP contribution in [0.1, 0.15) is 28.9 Å². The lowest BCUT2D eigenvalue weighted by molar-refractivity contribution is -0.384. The third-order valence-corrected chi connectivity index (χ3v) is 7.28. The SMILES string of the molecule is CN(C)[C@@H]1CCN(C(=O)c2cn(CCCc3ccc([N+](=O)[O-])c(N)n3)cc2-c2ccc(-n3ccnc3)cc2)C1.N. The largest absolute Gasteiger partial charge is 0.378 e. The first kappa shape index (κ1) is 28.5. The Morgan fingerprint density at radius 2 is 1.95 bits per heavy atom. The summed E-state index contributed by atoms with van der Waals surface area (Å²) < 4.78 is 3.98. The number of rotatable bonds is 9. The normalized spacial score (nSPS) is 14.9. The number of carbonyl (C=O) groups is 1. The first-order valence-corrected chi connectivity index (χ1v) is 12.9. The summed E-state index contributed by atoms with van der Waals surface area (Å²) in [5, 5.41) is 11.0. The molecule has 5 N–H and O–H groups in total. The highest BCUT2D eigenvalue weighted by Gasteiger charge is 2.30. The first-order valence-electron chi connectivity index (χ1n) is 12.9. The quantitative estimate of drug-likeness (QED) is 0.237. The van der Waals surface area contributed by atoms with Crippen LogP contribution in [-0.2, 0) is 13.0 Å². The Labute approximate surface area is 232 Å². The van der Waals surface area contributed by atoms with Crippen LogP contribution in [0, 0.1) is 10.1 Å². The summed E-state index contributed by atoms with van der Waals surface area (Å²) in [5.41, 5.74) is 9.79. The molecule has 1 aliphatic rings. The van der Waals surface area contributed by atoms with Crippen LogP contribution in [0.15, 0.2) is 67.5 Å². The fraction of sp³-hybridized carbons (Fsp3) is 0.321. The van der Waals surface area contributed by atoms with Crippen molar-refractivity contribution in [2.45, 2.75) is 31.8 Å². The summed E-state index contributed by atoms with van der Waals surface area (Å²) in [6.07, 6.45) is 11.6. The van der Waals surface area contributed by atoms with E-state index in [1.807, 2.05) is 56.9 Å². The molecular weight excluding hydrogens is 510 g/mol. The average Bonchev–Trinajstić information content (AvgIpc) is 3.70. The molecule has 5 rings (SSSR count). The van der Waals surface area contributed by atoms with E-state index in [-0.39, 0.29) is 23.6 Å². The summed E-state index contributed by atoms with van der Waals surface area (Å²) in [6, 6.07) is 11.5. The molecule has 0 bridgehead atoms. The number of pyridine rings is 1. The number of hydrogen-bond acceptors (Lipinski definition) is 8. The van der Waals surface area contributed by atoms with Gasteiger partial charge in [-0.25, -0.2) is 9.97 Å². The third kappa shape index (κ3) is 6.03. The zero-order valence-corrected chi connectivity index (χ0v) is 22.8. The van der Waals surface area contributed by atoms with Gasteiger partial charge in [-0.05, 0) is 57.1 Å². The van der Waals surface area contributed by atoms with Crippen LogP contribution in [0.4, 0.5) is 11.5 Å². The molecule has 12 heteroatoms. The van der Waals surface area contributed by atoms with Crippen molar-refractivity contribution in [1.82, 2.24) is 35.1 Å². The van der Waals surface area contributed by atoms with Gasteiger partial charge in [0.1, 0.15) is 0 Å². The lowest BCUT2D eigenvalue weighted by atomic mass is 10.0. The van der Waals surface area contributed by atoms with Gasteiger partial charge >= 0.3 is 5.69 Å². The van der Waals surface area contributed by atoms with Gasteiger partial charge in [0.2, 0.25) is 5.82 Å². The lowest BCUT2D eigenvalue weighted by Gasteiger charge is -2.20. The van der Waals surface area contributed by atoms with Crippen molar-refractivity contribution in [2.24, 2.45) is 0 Å². The highest BCUT2D eigenvalue weighted by molar-refractivity contribution is 6.01. The number of likely N-dealkylation sites (tertiary alicyclic amines) is 1. The van der Waals surface area contributed by atoms with Crippen molar-refractivity contribution in [3.63, 3.8) is 0 Å². The molecule has 0 aliphatic carbocycles. The number of nitrogens with zero attached hydrogens (tertiary/aromatic N) is 7. The van der Waals surface area contributed by atoms with E-state index in [1.54, 1.807) is 18.6 Å². The molecule has 40 heavy (non-hydrogen) atoms. The second kappa shape index (κ2) is 12.1. The Hall–Kier alpha value is -4.55. The van der Waals surface area contributed by atoms with E-state index in [2.05, 4.69) is 29.0 Å². The maximum absolute atomic E-state index is 13.7. The van der Waals surface area contributed by atoms with E-state index in [0.29, 0.717) is 36.8 Å². The van der Waals surface area contributed by atoms with Gasteiger partial charge in [0.05, 0.1) is 16.8 Å².